The number of benzene rings is 2. The van der Waals surface area contributed by atoms with Crippen molar-refractivity contribution in [3.8, 4) is 11.5 Å². The van der Waals surface area contributed by atoms with Gasteiger partial charge in [-0.3, -0.25) is 4.79 Å². The lowest BCUT2D eigenvalue weighted by molar-refractivity contribution is -0.110. The van der Waals surface area contributed by atoms with Crippen molar-refractivity contribution in [1.29, 1.82) is 0 Å². The molecule has 1 amide bonds. The SMILES string of the molecule is COc1ccc2c(c1)/C(=C\c1cc(C)ccc1OC)C(=O)N2. The van der Waals surface area contributed by atoms with Crippen molar-refractivity contribution in [1.82, 2.24) is 0 Å². The average molecular weight is 295 g/mol. The summed E-state index contributed by atoms with van der Waals surface area (Å²) in [6.45, 7) is 2.01. The van der Waals surface area contributed by atoms with Gasteiger partial charge >= 0.3 is 0 Å². The molecule has 2 aromatic rings. The number of carbonyl (C=O) groups is 1. The van der Waals surface area contributed by atoms with Gasteiger partial charge in [-0.15, -0.1) is 0 Å². The lowest BCUT2D eigenvalue weighted by atomic mass is 10.0. The summed E-state index contributed by atoms with van der Waals surface area (Å²) in [6.07, 6.45) is 1.85. The molecule has 0 unspecified atom stereocenters. The minimum absolute atomic E-state index is 0.119. The lowest BCUT2D eigenvalue weighted by Gasteiger charge is -2.07. The fraction of sp³-hybridized carbons (Fsp3) is 0.167. The molecule has 3 rings (SSSR count). The van der Waals surface area contributed by atoms with Crippen molar-refractivity contribution in [2.24, 2.45) is 0 Å². The first kappa shape index (κ1) is 14.2. The van der Waals surface area contributed by atoms with E-state index in [4.69, 9.17) is 9.47 Å². The fourth-order valence-electron chi connectivity index (χ4n) is 2.56. The van der Waals surface area contributed by atoms with Crippen molar-refractivity contribution < 1.29 is 14.3 Å². The van der Waals surface area contributed by atoms with Crippen molar-refractivity contribution in [3.63, 3.8) is 0 Å². The number of hydrogen-bond donors (Lipinski definition) is 1. The first-order valence-corrected chi connectivity index (χ1v) is 6.98. The Kier molecular flexibility index (Phi) is 3.59. The number of aryl methyl sites for hydroxylation is 1. The number of carbonyl (C=O) groups excluding carboxylic acids is 1. The Balaban J connectivity index is 2.13. The molecule has 0 spiro atoms. The van der Waals surface area contributed by atoms with E-state index in [9.17, 15) is 4.79 Å². The zero-order chi connectivity index (χ0) is 15.7. The largest absolute Gasteiger partial charge is 0.497 e. The third kappa shape index (κ3) is 2.44. The van der Waals surface area contributed by atoms with Gasteiger partial charge in [0.05, 0.1) is 14.2 Å². The van der Waals surface area contributed by atoms with Crippen molar-refractivity contribution >= 4 is 23.2 Å². The van der Waals surface area contributed by atoms with Crippen LogP contribution in [0, 0.1) is 6.92 Å². The zero-order valence-electron chi connectivity index (χ0n) is 12.8. The minimum atomic E-state index is -0.119. The summed E-state index contributed by atoms with van der Waals surface area (Å²) in [7, 11) is 3.23. The maximum Gasteiger partial charge on any atom is 0.256 e. The summed E-state index contributed by atoms with van der Waals surface area (Å²) in [5, 5.41) is 2.87. The first-order valence-electron chi connectivity index (χ1n) is 6.98. The van der Waals surface area contributed by atoms with Gasteiger partial charge in [0, 0.05) is 22.4 Å². The van der Waals surface area contributed by atoms with Gasteiger partial charge in [0.1, 0.15) is 11.5 Å². The highest BCUT2D eigenvalue weighted by atomic mass is 16.5. The number of rotatable bonds is 3. The molecule has 4 heteroatoms. The van der Waals surface area contributed by atoms with Gasteiger partial charge < -0.3 is 14.8 Å². The molecule has 1 heterocycles. The molecule has 0 atom stereocenters. The topological polar surface area (TPSA) is 47.6 Å². The van der Waals surface area contributed by atoms with Crippen molar-refractivity contribution in [2.45, 2.75) is 6.92 Å². The van der Waals surface area contributed by atoms with E-state index in [2.05, 4.69) is 5.32 Å². The Bertz CT molecular complexity index is 778. The standard InChI is InChI=1S/C18H17NO3/c1-11-4-7-17(22-3)12(8-11)9-15-14-10-13(21-2)5-6-16(14)19-18(15)20/h4-10H,1-3H3,(H,19,20)/b15-9+. The molecular weight excluding hydrogens is 278 g/mol. The van der Waals surface area contributed by atoms with E-state index in [0.717, 1.165) is 33.9 Å². The van der Waals surface area contributed by atoms with Gasteiger partial charge in [-0.1, -0.05) is 11.6 Å². The Morgan fingerprint density at radius 2 is 1.86 bits per heavy atom. The summed E-state index contributed by atoms with van der Waals surface area (Å²) >= 11 is 0. The van der Waals surface area contributed by atoms with Crippen molar-refractivity contribution in [3.05, 3.63) is 53.1 Å². The highest BCUT2D eigenvalue weighted by Gasteiger charge is 2.25. The monoisotopic (exact) mass is 295 g/mol. The Morgan fingerprint density at radius 1 is 1.05 bits per heavy atom. The molecule has 112 valence electrons. The second-order valence-electron chi connectivity index (χ2n) is 5.17. The smallest absolute Gasteiger partial charge is 0.256 e. The highest BCUT2D eigenvalue weighted by Crippen LogP contribution is 2.36. The van der Waals surface area contributed by atoms with E-state index in [1.165, 1.54) is 0 Å². The van der Waals surface area contributed by atoms with Crippen LogP contribution < -0.4 is 14.8 Å². The summed E-state index contributed by atoms with van der Waals surface area (Å²) in [6, 6.07) is 11.4. The number of anilines is 1. The number of nitrogens with one attached hydrogen (secondary N) is 1. The van der Waals surface area contributed by atoms with Crippen LogP contribution in [0.1, 0.15) is 16.7 Å². The van der Waals surface area contributed by atoms with E-state index < -0.39 is 0 Å². The van der Waals surface area contributed by atoms with Gasteiger partial charge in [-0.05, 0) is 43.3 Å². The summed E-state index contributed by atoms with van der Waals surface area (Å²) in [5.74, 6) is 1.34. The second-order valence-corrected chi connectivity index (χ2v) is 5.17. The predicted octanol–water partition coefficient (Wildman–Crippen LogP) is 3.50. The van der Waals surface area contributed by atoms with Crippen LogP contribution in [0.2, 0.25) is 0 Å². The molecule has 0 fully saturated rings. The molecule has 0 aliphatic carbocycles. The third-order valence-electron chi connectivity index (χ3n) is 3.69. The summed E-state index contributed by atoms with van der Waals surface area (Å²) in [4.78, 5) is 12.3. The van der Waals surface area contributed by atoms with E-state index in [0.29, 0.717) is 5.57 Å². The predicted molar refractivity (Wildman–Crippen MR) is 87.2 cm³/mol. The number of amides is 1. The first-order chi connectivity index (χ1) is 10.6. The molecular formula is C18H17NO3. The van der Waals surface area contributed by atoms with Crippen LogP contribution in [0.25, 0.3) is 11.6 Å². The van der Waals surface area contributed by atoms with Crippen LogP contribution in [-0.4, -0.2) is 20.1 Å². The quantitative estimate of drug-likeness (QED) is 0.882. The summed E-state index contributed by atoms with van der Waals surface area (Å²) < 4.78 is 10.6. The highest BCUT2D eigenvalue weighted by molar-refractivity contribution is 6.35. The molecule has 0 radical (unpaired) electrons. The molecule has 0 aromatic heterocycles. The van der Waals surface area contributed by atoms with E-state index in [-0.39, 0.29) is 5.91 Å². The number of hydrogen-bond acceptors (Lipinski definition) is 3. The van der Waals surface area contributed by atoms with Gasteiger partial charge in [0.25, 0.3) is 5.91 Å². The Labute approximate surface area is 129 Å². The second kappa shape index (κ2) is 5.56. The maximum atomic E-state index is 12.3. The Morgan fingerprint density at radius 3 is 2.59 bits per heavy atom. The molecule has 4 nitrogen and oxygen atoms in total. The number of fused-ring (bicyclic) bond motifs is 1. The van der Waals surface area contributed by atoms with Crippen LogP contribution in [0.3, 0.4) is 0 Å². The van der Waals surface area contributed by atoms with Crippen LogP contribution in [0.4, 0.5) is 5.69 Å². The fourth-order valence-corrected chi connectivity index (χ4v) is 2.56. The average Bonchev–Trinajstić information content (AvgIpc) is 2.83. The lowest BCUT2D eigenvalue weighted by Crippen LogP contribution is -2.03. The zero-order valence-corrected chi connectivity index (χ0v) is 12.8. The molecule has 0 saturated heterocycles. The summed E-state index contributed by atoms with van der Waals surface area (Å²) in [5.41, 5.74) is 4.23. The van der Waals surface area contributed by atoms with Gasteiger partial charge in [-0.25, -0.2) is 0 Å². The van der Waals surface area contributed by atoms with E-state index in [1.54, 1.807) is 14.2 Å². The van der Waals surface area contributed by atoms with Crippen LogP contribution >= 0.6 is 0 Å². The van der Waals surface area contributed by atoms with Gasteiger partial charge in [0.2, 0.25) is 0 Å². The molecule has 1 aliphatic heterocycles. The van der Waals surface area contributed by atoms with Crippen LogP contribution in [-0.2, 0) is 4.79 Å². The normalized spacial score (nSPS) is 14.7. The van der Waals surface area contributed by atoms with Crippen LogP contribution in [0.15, 0.2) is 36.4 Å². The van der Waals surface area contributed by atoms with E-state index in [1.807, 2.05) is 49.4 Å². The van der Waals surface area contributed by atoms with Gasteiger partial charge in [0.15, 0.2) is 0 Å². The molecule has 0 bridgehead atoms. The third-order valence-corrected chi connectivity index (χ3v) is 3.69. The molecule has 0 saturated carbocycles. The maximum absolute atomic E-state index is 12.3. The molecule has 1 aliphatic rings. The van der Waals surface area contributed by atoms with Crippen LogP contribution in [0.5, 0.6) is 11.5 Å². The van der Waals surface area contributed by atoms with Gasteiger partial charge in [-0.2, -0.15) is 0 Å². The number of ether oxygens (including phenoxy) is 2. The van der Waals surface area contributed by atoms with E-state index >= 15 is 0 Å². The Hall–Kier alpha value is -2.75. The molecule has 2 aromatic carbocycles. The molecule has 22 heavy (non-hydrogen) atoms. The number of methoxy groups -OCH3 is 2. The minimum Gasteiger partial charge on any atom is -0.497 e. The molecule has 1 N–H and O–H groups in total. The van der Waals surface area contributed by atoms with Crippen molar-refractivity contribution in [2.75, 3.05) is 19.5 Å².